The van der Waals surface area contributed by atoms with E-state index in [4.69, 9.17) is 4.74 Å². The molecule has 2 N–H and O–H groups in total. The quantitative estimate of drug-likeness (QED) is 0.826. The van der Waals surface area contributed by atoms with Crippen molar-refractivity contribution in [2.45, 2.75) is 25.8 Å². The van der Waals surface area contributed by atoms with Gasteiger partial charge < -0.3 is 15.4 Å². The Morgan fingerprint density at radius 1 is 1.27 bits per heavy atom. The zero-order chi connectivity index (χ0) is 18.5. The number of likely N-dealkylation sites (tertiary alicyclic amines) is 1. The summed E-state index contributed by atoms with van der Waals surface area (Å²) >= 11 is 0. The van der Waals surface area contributed by atoms with Crippen LogP contribution in [0.5, 0.6) is 5.75 Å². The number of ether oxygens (including phenoxy) is 1. The fourth-order valence-corrected chi connectivity index (χ4v) is 3.02. The molecule has 1 unspecified atom stereocenters. The Labute approximate surface area is 155 Å². The van der Waals surface area contributed by atoms with Crippen molar-refractivity contribution in [3.05, 3.63) is 35.5 Å². The molecular weight excluding hydrogens is 326 g/mol. The van der Waals surface area contributed by atoms with E-state index in [1.54, 1.807) is 7.11 Å². The normalized spacial score (nSPS) is 16.7. The molecule has 0 amide bonds. The van der Waals surface area contributed by atoms with Crippen LogP contribution in [0.25, 0.3) is 0 Å². The number of nitrogens with zero attached hydrogens (tertiary/aromatic N) is 3. The van der Waals surface area contributed by atoms with Crippen molar-refractivity contribution in [1.82, 2.24) is 14.9 Å². The number of hydrogen-bond acceptors (Lipinski definition) is 6. The predicted molar refractivity (Wildman–Crippen MR) is 105 cm³/mol. The van der Waals surface area contributed by atoms with Gasteiger partial charge in [-0.2, -0.15) is 4.98 Å². The maximum atomic E-state index is 5.46. The average Bonchev–Trinajstić information content (AvgIpc) is 3.04. The molecule has 2 heterocycles. The number of aromatic nitrogens is 2. The molecule has 1 saturated heterocycles. The van der Waals surface area contributed by atoms with E-state index in [0.717, 1.165) is 41.5 Å². The van der Waals surface area contributed by atoms with Gasteiger partial charge >= 0.3 is 0 Å². The predicted octanol–water partition coefficient (Wildman–Crippen LogP) is 3.02. The highest BCUT2D eigenvalue weighted by Gasteiger charge is 2.18. The van der Waals surface area contributed by atoms with Gasteiger partial charge in [0.25, 0.3) is 0 Å². The lowest BCUT2D eigenvalue weighted by atomic mass is 10.1. The number of anilines is 3. The van der Waals surface area contributed by atoms with Crippen molar-refractivity contribution in [2.75, 3.05) is 38.4 Å². The third-order valence-corrected chi connectivity index (χ3v) is 4.46. The van der Waals surface area contributed by atoms with E-state index in [1.165, 1.54) is 6.42 Å². The van der Waals surface area contributed by atoms with E-state index in [9.17, 15) is 0 Å². The molecule has 2 aromatic rings. The molecule has 0 saturated carbocycles. The van der Waals surface area contributed by atoms with Crippen molar-refractivity contribution in [2.24, 2.45) is 0 Å². The van der Waals surface area contributed by atoms with Gasteiger partial charge in [-0.25, -0.2) is 4.98 Å². The maximum Gasteiger partial charge on any atom is 0.229 e. The third-order valence-electron chi connectivity index (χ3n) is 4.46. The molecule has 0 spiro atoms. The SMILES string of the molecule is CNc1cc(C)nc(Nc2ccc(OC)c(C#CC3CCCN3C)c2)n1. The number of hydrogen-bond donors (Lipinski definition) is 2. The summed E-state index contributed by atoms with van der Waals surface area (Å²) in [5, 5.41) is 6.29. The topological polar surface area (TPSA) is 62.3 Å². The van der Waals surface area contributed by atoms with Crippen LogP contribution in [0, 0.1) is 18.8 Å². The van der Waals surface area contributed by atoms with E-state index in [-0.39, 0.29) is 0 Å². The first-order valence-electron chi connectivity index (χ1n) is 8.79. The lowest BCUT2D eigenvalue weighted by Crippen LogP contribution is -2.22. The number of nitrogens with one attached hydrogen (secondary N) is 2. The van der Waals surface area contributed by atoms with Crippen molar-refractivity contribution in [1.29, 1.82) is 0 Å². The van der Waals surface area contributed by atoms with Gasteiger partial charge in [0.1, 0.15) is 11.6 Å². The molecule has 3 rings (SSSR count). The summed E-state index contributed by atoms with van der Waals surface area (Å²) in [4.78, 5) is 11.2. The first-order valence-corrected chi connectivity index (χ1v) is 8.79. The van der Waals surface area contributed by atoms with Crippen LogP contribution < -0.4 is 15.4 Å². The minimum absolute atomic E-state index is 0.314. The Balaban J connectivity index is 1.85. The van der Waals surface area contributed by atoms with Gasteiger partial charge in [-0.15, -0.1) is 0 Å². The summed E-state index contributed by atoms with van der Waals surface area (Å²) in [6, 6.07) is 8.05. The van der Waals surface area contributed by atoms with Gasteiger partial charge in [0.05, 0.1) is 18.7 Å². The van der Waals surface area contributed by atoms with E-state index >= 15 is 0 Å². The van der Waals surface area contributed by atoms with Crippen LogP contribution in [0.4, 0.5) is 17.5 Å². The molecule has 6 heteroatoms. The molecule has 1 aliphatic heterocycles. The van der Waals surface area contributed by atoms with E-state index in [2.05, 4.69) is 44.4 Å². The highest BCUT2D eigenvalue weighted by Crippen LogP contribution is 2.24. The third kappa shape index (κ3) is 4.24. The Bertz CT molecular complexity index is 840. The fraction of sp³-hybridized carbons (Fsp3) is 0.400. The fourth-order valence-electron chi connectivity index (χ4n) is 3.02. The molecular formula is C20H25N5O. The molecule has 1 atom stereocenters. The lowest BCUT2D eigenvalue weighted by molar-refractivity contribution is 0.365. The molecule has 0 aliphatic carbocycles. The second kappa shape index (κ2) is 8.07. The van der Waals surface area contributed by atoms with Gasteiger partial charge in [-0.05, 0) is 51.6 Å². The Hall–Kier alpha value is -2.78. The van der Waals surface area contributed by atoms with E-state index < -0.39 is 0 Å². The standard InChI is InChI=1S/C20H25N5O/c1-14-12-19(21-2)24-20(22-14)23-16-8-10-18(26-4)15(13-16)7-9-17-6-5-11-25(17)3/h8,10,12-13,17H,5-6,11H2,1-4H3,(H2,21,22,23,24). The number of benzene rings is 1. The molecule has 1 aromatic heterocycles. The van der Waals surface area contributed by atoms with Crippen LogP contribution in [0.15, 0.2) is 24.3 Å². The molecule has 1 aliphatic rings. The summed E-state index contributed by atoms with van der Waals surface area (Å²) in [5.74, 6) is 8.75. The summed E-state index contributed by atoms with van der Waals surface area (Å²) in [5.41, 5.74) is 2.63. The van der Waals surface area contributed by atoms with Crippen LogP contribution in [-0.2, 0) is 0 Å². The van der Waals surface area contributed by atoms with Crippen LogP contribution >= 0.6 is 0 Å². The van der Waals surface area contributed by atoms with Gasteiger partial charge in [-0.1, -0.05) is 11.8 Å². The first kappa shape index (κ1) is 18.0. The Morgan fingerprint density at radius 3 is 2.81 bits per heavy atom. The molecule has 0 bridgehead atoms. The Kier molecular flexibility index (Phi) is 5.59. The van der Waals surface area contributed by atoms with E-state index in [1.807, 2.05) is 38.2 Å². The number of rotatable bonds is 4. The van der Waals surface area contributed by atoms with Crippen molar-refractivity contribution in [3.63, 3.8) is 0 Å². The van der Waals surface area contributed by atoms with Crippen molar-refractivity contribution >= 4 is 17.5 Å². The largest absolute Gasteiger partial charge is 0.495 e. The first-order chi connectivity index (χ1) is 12.6. The molecule has 136 valence electrons. The highest BCUT2D eigenvalue weighted by molar-refractivity contribution is 5.62. The monoisotopic (exact) mass is 351 g/mol. The second-order valence-corrected chi connectivity index (χ2v) is 6.42. The van der Waals surface area contributed by atoms with Gasteiger partial charge in [0.2, 0.25) is 5.95 Å². The van der Waals surface area contributed by atoms with Crippen molar-refractivity contribution in [3.8, 4) is 17.6 Å². The molecule has 1 fully saturated rings. The van der Waals surface area contributed by atoms with Gasteiger partial charge in [0.15, 0.2) is 0 Å². The van der Waals surface area contributed by atoms with Crippen LogP contribution in [0.1, 0.15) is 24.1 Å². The van der Waals surface area contributed by atoms with E-state index in [0.29, 0.717) is 12.0 Å². The van der Waals surface area contributed by atoms with Crippen molar-refractivity contribution < 1.29 is 4.74 Å². The summed E-state index contributed by atoms with van der Waals surface area (Å²) in [6.07, 6.45) is 2.32. The van der Waals surface area contributed by atoms with Crippen LogP contribution in [0.3, 0.4) is 0 Å². The molecule has 1 aromatic carbocycles. The molecule has 6 nitrogen and oxygen atoms in total. The number of methoxy groups -OCH3 is 1. The summed E-state index contributed by atoms with van der Waals surface area (Å²) < 4.78 is 5.46. The summed E-state index contributed by atoms with van der Waals surface area (Å²) in [7, 11) is 5.63. The minimum Gasteiger partial charge on any atom is -0.495 e. The van der Waals surface area contributed by atoms with Crippen LogP contribution in [-0.4, -0.2) is 48.7 Å². The smallest absolute Gasteiger partial charge is 0.229 e. The minimum atomic E-state index is 0.314. The van der Waals surface area contributed by atoms with Crippen LogP contribution in [0.2, 0.25) is 0 Å². The summed E-state index contributed by atoms with van der Waals surface area (Å²) in [6.45, 7) is 3.05. The Morgan fingerprint density at radius 2 is 2.12 bits per heavy atom. The molecule has 26 heavy (non-hydrogen) atoms. The van der Waals surface area contributed by atoms with Gasteiger partial charge in [0, 0.05) is 24.5 Å². The highest BCUT2D eigenvalue weighted by atomic mass is 16.5. The second-order valence-electron chi connectivity index (χ2n) is 6.42. The zero-order valence-corrected chi connectivity index (χ0v) is 15.8. The number of aryl methyl sites for hydroxylation is 1. The van der Waals surface area contributed by atoms with Gasteiger partial charge in [-0.3, -0.25) is 4.90 Å². The lowest BCUT2D eigenvalue weighted by Gasteiger charge is -2.13. The maximum absolute atomic E-state index is 5.46. The zero-order valence-electron chi connectivity index (χ0n) is 15.8. The molecule has 0 radical (unpaired) electrons. The average molecular weight is 351 g/mol.